The van der Waals surface area contributed by atoms with Crippen LogP contribution < -0.4 is 0 Å². The quantitative estimate of drug-likeness (QED) is 0.778. The third kappa shape index (κ3) is 6.35. The van der Waals surface area contributed by atoms with Gasteiger partial charge in [-0.05, 0) is 32.0 Å². The van der Waals surface area contributed by atoms with Crippen LogP contribution >= 0.6 is 11.3 Å². The van der Waals surface area contributed by atoms with Crippen LogP contribution in [0.5, 0.6) is 0 Å². The van der Waals surface area contributed by atoms with Crippen molar-refractivity contribution < 1.29 is 14.7 Å². The highest BCUT2D eigenvalue weighted by atomic mass is 32.1. The number of thiophene rings is 1. The van der Waals surface area contributed by atoms with E-state index in [1.54, 1.807) is 11.3 Å². The van der Waals surface area contributed by atoms with Crippen molar-refractivity contribution in [1.82, 2.24) is 9.80 Å². The van der Waals surface area contributed by atoms with Crippen molar-refractivity contribution in [2.24, 2.45) is 0 Å². The zero-order valence-electron chi connectivity index (χ0n) is 11.3. The highest BCUT2D eigenvalue weighted by Gasteiger charge is 2.16. The van der Waals surface area contributed by atoms with Gasteiger partial charge in [0.2, 0.25) is 5.91 Å². The molecule has 0 saturated carbocycles. The zero-order chi connectivity index (χ0) is 14.3. The molecule has 0 aliphatic rings. The second-order valence-corrected chi connectivity index (χ2v) is 5.62. The molecule has 106 valence electrons. The first kappa shape index (κ1) is 15.7. The largest absolute Gasteiger partial charge is 0.480 e. The maximum absolute atomic E-state index is 12.0. The van der Waals surface area contributed by atoms with Crippen LogP contribution in [0.2, 0.25) is 0 Å². The summed E-state index contributed by atoms with van der Waals surface area (Å²) in [5.41, 5.74) is 0. The standard InChI is InChI=1S/C13H20N2O3S/c1-14(2)7-8-15(10-13(17)18)12(16)6-5-11-4-3-9-19-11/h3-4,9H,5-8,10H2,1-2H3,(H,17,18). The van der Waals surface area contributed by atoms with Crippen LogP contribution in [-0.4, -0.2) is 60.5 Å². The lowest BCUT2D eigenvalue weighted by molar-refractivity contribution is -0.144. The zero-order valence-corrected chi connectivity index (χ0v) is 12.2. The summed E-state index contributed by atoms with van der Waals surface area (Å²) < 4.78 is 0. The highest BCUT2D eigenvalue weighted by Crippen LogP contribution is 2.11. The molecule has 0 aliphatic carbocycles. The Labute approximate surface area is 117 Å². The molecule has 1 N–H and O–H groups in total. The molecule has 0 aromatic carbocycles. The van der Waals surface area contributed by atoms with Crippen molar-refractivity contribution in [3.8, 4) is 0 Å². The summed E-state index contributed by atoms with van der Waals surface area (Å²) in [6, 6.07) is 3.94. The summed E-state index contributed by atoms with van der Waals surface area (Å²) >= 11 is 1.61. The third-order valence-electron chi connectivity index (χ3n) is 2.66. The summed E-state index contributed by atoms with van der Waals surface area (Å²) in [5, 5.41) is 10.8. The number of nitrogens with zero attached hydrogens (tertiary/aromatic N) is 2. The summed E-state index contributed by atoms with van der Waals surface area (Å²) in [7, 11) is 3.80. The van der Waals surface area contributed by atoms with E-state index >= 15 is 0 Å². The van der Waals surface area contributed by atoms with Crippen LogP contribution in [0.4, 0.5) is 0 Å². The molecule has 5 nitrogen and oxygen atoms in total. The van der Waals surface area contributed by atoms with Crippen LogP contribution in [0.1, 0.15) is 11.3 Å². The van der Waals surface area contributed by atoms with Gasteiger partial charge in [-0.25, -0.2) is 0 Å². The van der Waals surface area contributed by atoms with E-state index in [0.717, 1.165) is 4.88 Å². The molecule has 0 fully saturated rings. The fourth-order valence-electron chi connectivity index (χ4n) is 1.62. The van der Waals surface area contributed by atoms with E-state index in [1.165, 1.54) is 4.90 Å². The summed E-state index contributed by atoms with van der Waals surface area (Å²) in [4.78, 5) is 27.3. The van der Waals surface area contributed by atoms with Crippen LogP contribution in [0.25, 0.3) is 0 Å². The number of amides is 1. The Morgan fingerprint density at radius 1 is 1.32 bits per heavy atom. The van der Waals surface area contributed by atoms with Crippen LogP contribution in [0, 0.1) is 0 Å². The van der Waals surface area contributed by atoms with Crippen molar-refractivity contribution in [2.75, 3.05) is 33.7 Å². The minimum absolute atomic E-state index is 0.0994. The molecule has 19 heavy (non-hydrogen) atoms. The average Bonchev–Trinajstić information content (AvgIpc) is 2.83. The lowest BCUT2D eigenvalue weighted by Crippen LogP contribution is -2.40. The molecule has 0 bridgehead atoms. The minimum atomic E-state index is -0.969. The molecular weight excluding hydrogens is 264 g/mol. The lowest BCUT2D eigenvalue weighted by atomic mass is 10.2. The van der Waals surface area contributed by atoms with E-state index in [9.17, 15) is 9.59 Å². The molecule has 0 radical (unpaired) electrons. The first-order chi connectivity index (χ1) is 8.99. The number of likely N-dealkylation sites (N-methyl/N-ethyl adjacent to an activating group) is 1. The van der Waals surface area contributed by atoms with Crippen LogP contribution in [-0.2, 0) is 16.0 Å². The number of aliphatic carboxylic acids is 1. The Balaban J connectivity index is 2.47. The Kier molecular flexibility index (Phi) is 6.52. The van der Waals surface area contributed by atoms with E-state index in [1.807, 2.05) is 36.5 Å². The molecule has 1 amide bonds. The van der Waals surface area contributed by atoms with Gasteiger partial charge in [0.25, 0.3) is 0 Å². The van der Waals surface area contributed by atoms with Gasteiger partial charge in [0.05, 0.1) is 0 Å². The van der Waals surface area contributed by atoms with E-state index in [0.29, 0.717) is 25.9 Å². The number of carboxylic acid groups (broad SMARTS) is 1. The molecular formula is C13H20N2O3S. The predicted molar refractivity (Wildman–Crippen MR) is 75.4 cm³/mol. The Morgan fingerprint density at radius 3 is 2.58 bits per heavy atom. The SMILES string of the molecule is CN(C)CCN(CC(=O)O)C(=O)CCc1cccs1. The maximum atomic E-state index is 12.0. The number of aryl methyl sites for hydroxylation is 1. The molecule has 0 unspecified atom stereocenters. The van der Waals surface area contributed by atoms with Gasteiger partial charge in [-0.15, -0.1) is 11.3 Å². The van der Waals surface area contributed by atoms with E-state index < -0.39 is 5.97 Å². The van der Waals surface area contributed by atoms with Gasteiger partial charge < -0.3 is 14.9 Å². The molecule has 1 heterocycles. The van der Waals surface area contributed by atoms with Crippen molar-refractivity contribution in [1.29, 1.82) is 0 Å². The molecule has 0 atom stereocenters. The van der Waals surface area contributed by atoms with Crippen molar-refractivity contribution in [2.45, 2.75) is 12.8 Å². The van der Waals surface area contributed by atoms with Gasteiger partial charge in [-0.3, -0.25) is 9.59 Å². The maximum Gasteiger partial charge on any atom is 0.323 e. The Bertz CT molecular complexity index is 404. The van der Waals surface area contributed by atoms with E-state index in [4.69, 9.17) is 5.11 Å². The normalized spacial score (nSPS) is 10.7. The second kappa shape index (κ2) is 7.91. The van der Waals surface area contributed by atoms with Crippen LogP contribution in [0.3, 0.4) is 0 Å². The van der Waals surface area contributed by atoms with Gasteiger partial charge in [-0.1, -0.05) is 6.07 Å². The topological polar surface area (TPSA) is 60.9 Å². The van der Waals surface area contributed by atoms with Gasteiger partial charge in [0.1, 0.15) is 6.54 Å². The molecule has 0 saturated heterocycles. The van der Waals surface area contributed by atoms with Crippen molar-refractivity contribution in [3.05, 3.63) is 22.4 Å². The monoisotopic (exact) mass is 284 g/mol. The van der Waals surface area contributed by atoms with Crippen molar-refractivity contribution in [3.63, 3.8) is 0 Å². The molecule has 1 aromatic heterocycles. The van der Waals surface area contributed by atoms with E-state index in [2.05, 4.69) is 0 Å². The average molecular weight is 284 g/mol. The fraction of sp³-hybridized carbons (Fsp3) is 0.538. The number of hydrogen-bond acceptors (Lipinski definition) is 4. The molecule has 6 heteroatoms. The lowest BCUT2D eigenvalue weighted by Gasteiger charge is -2.22. The number of carbonyl (C=O) groups excluding carboxylic acids is 1. The van der Waals surface area contributed by atoms with Crippen molar-refractivity contribution >= 4 is 23.2 Å². The molecule has 1 rings (SSSR count). The smallest absolute Gasteiger partial charge is 0.323 e. The van der Waals surface area contributed by atoms with Gasteiger partial charge >= 0.3 is 5.97 Å². The Hall–Kier alpha value is -1.40. The third-order valence-corrected chi connectivity index (χ3v) is 3.60. The fourth-order valence-corrected chi connectivity index (χ4v) is 2.33. The van der Waals surface area contributed by atoms with Gasteiger partial charge in [0.15, 0.2) is 0 Å². The first-order valence-corrected chi connectivity index (χ1v) is 7.03. The van der Waals surface area contributed by atoms with Crippen LogP contribution in [0.15, 0.2) is 17.5 Å². The summed E-state index contributed by atoms with van der Waals surface area (Å²) in [6.45, 7) is 0.887. The molecule has 1 aromatic rings. The number of carbonyl (C=O) groups is 2. The molecule has 0 aliphatic heterocycles. The Morgan fingerprint density at radius 2 is 2.05 bits per heavy atom. The van der Waals surface area contributed by atoms with Gasteiger partial charge in [-0.2, -0.15) is 0 Å². The summed E-state index contributed by atoms with van der Waals surface area (Å²) in [6.07, 6.45) is 1.04. The predicted octanol–water partition coefficient (Wildman–Crippen LogP) is 1.16. The highest BCUT2D eigenvalue weighted by molar-refractivity contribution is 7.09. The van der Waals surface area contributed by atoms with Gasteiger partial charge in [0, 0.05) is 24.4 Å². The number of rotatable bonds is 8. The molecule has 0 spiro atoms. The van der Waals surface area contributed by atoms with E-state index in [-0.39, 0.29) is 12.5 Å². The summed E-state index contributed by atoms with van der Waals surface area (Å²) in [5.74, 6) is -1.07. The minimum Gasteiger partial charge on any atom is -0.480 e. The second-order valence-electron chi connectivity index (χ2n) is 4.59. The number of carboxylic acids is 1. The number of hydrogen-bond donors (Lipinski definition) is 1. The first-order valence-electron chi connectivity index (χ1n) is 6.15.